The molecular formula is C23H29ClN4O. The zero-order valence-corrected chi connectivity index (χ0v) is 18.5. The molecule has 2 aromatic heterocycles. The molecule has 1 aliphatic heterocycles. The predicted molar refractivity (Wildman–Crippen MR) is 120 cm³/mol. The van der Waals surface area contributed by atoms with Gasteiger partial charge in [-0.15, -0.1) is 0 Å². The minimum atomic E-state index is -0.0164. The Morgan fingerprint density at radius 3 is 2.48 bits per heavy atom. The van der Waals surface area contributed by atoms with Gasteiger partial charge >= 0.3 is 0 Å². The molecular weight excluding hydrogens is 384 g/mol. The van der Waals surface area contributed by atoms with E-state index in [4.69, 9.17) is 16.6 Å². The van der Waals surface area contributed by atoms with Crippen molar-refractivity contribution in [1.29, 1.82) is 0 Å². The standard InChI is InChI=1S/C23H29ClN4O/c1-5-7-17(8-6-2)26-11-12-27-23(29)21(18-10-9-15(3)13-19(18)24)22-25-16(4)14-20(26)28(22)27/h9-10,13-14,17H,5-8,11-12H2,1-4H3. The molecule has 0 unspecified atom stereocenters. The highest BCUT2D eigenvalue weighted by atomic mass is 35.5. The van der Waals surface area contributed by atoms with Crippen molar-refractivity contribution in [2.45, 2.75) is 66.0 Å². The summed E-state index contributed by atoms with van der Waals surface area (Å²) in [5.74, 6) is 1.07. The van der Waals surface area contributed by atoms with Gasteiger partial charge in [-0.2, -0.15) is 0 Å². The van der Waals surface area contributed by atoms with E-state index >= 15 is 0 Å². The molecule has 0 bridgehead atoms. The molecule has 4 rings (SSSR count). The van der Waals surface area contributed by atoms with Crippen LogP contribution < -0.4 is 10.5 Å². The van der Waals surface area contributed by atoms with E-state index in [9.17, 15) is 4.79 Å². The third kappa shape index (κ3) is 3.35. The molecule has 3 heterocycles. The van der Waals surface area contributed by atoms with E-state index in [1.54, 1.807) is 0 Å². The molecule has 29 heavy (non-hydrogen) atoms. The van der Waals surface area contributed by atoms with Gasteiger partial charge in [0, 0.05) is 34.9 Å². The van der Waals surface area contributed by atoms with Crippen molar-refractivity contribution in [3.63, 3.8) is 0 Å². The number of aryl methyl sites for hydroxylation is 2. The Labute approximate surface area is 176 Å². The first kappa shape index (κ1) is 20.0. The fourth-order valence-corrected chi connectivity index (χ4v) is 4.92. The summed E-state index contributed by atoms with van der Waals surface area (Å²) in [7, 11) is 0. The van der Waals surface area contributed by atoms with E-state index in [1.165, 1.54) is 0 Å². The Kier molecular flexibility index (Phi) is 5.43. The zero-order valence-electron chi connectivity index (χ0n) is 17.7. The Morgan fingerprint density at radius 1 is 1.10 bits per heavy atom. The molecule has 1 aliphatic rings. The average molecular weight is 413 g/mol. The van der Waals surface area contributed by atoms with Crippen molar-refractivity contribution in [2.75, 3.05) is 11.4 Å². The molecule has 6 heteroatoms. The van der Waals surface area contributed by atoms with Crippen LogP contribution in [-0.4, -0.2) is 26.8 Å². The molecule has 0 saturated heterocycles. The highest BCUT2D eigenvalue weighted by Crippen LogP contribution is 2.33. The number of halogens is 1. The first-order valence-electron chi connectivity index (χ1n) is 10.6. The number of nitrogens with zero attached hydrogens (tertiary/aromatic N) is 4. The van der Waals surface area contributed by atoms with Crippen LogP contribution in [0.25, 0.3) is 16.8 Å². The Balaban J connectivity index is 1.97. The summed E-state index contributed by atoms with van der Waals surface area (Å²) in [4.78, 5) is 20.7. The fourth-order valence-electron chi connectivity index (χ4n) is 4.59. The number of hydrogen-bond acceptors (Lipinski definition) is 3. The van der Waals surface area contributed by atoms with Crippen LogP contribution in [0.5, 0.6) is 0 Å². The summed E-state index contributed by atoms with van der Waals surface area (Å²) in [6, 6.07) is 8.43. The molecule has 0 atom stereocenters. The van der Waals surface area contributed by atoms with E-state index in [0.717, 1.165) is 54.9 Å². The second-order valence-corrected chi connectivity index (χ2v) is 8.51. The normalized spacial score (nSPS) is 13.7. The third-order valence-electron chi connectivity index (χ3n) is 5.88. The summed E-state index contributed by atoms with van der Waals surface area (Å²) in [5, 5.41) is 0.595. The van der Waals surface area contributed by atoms with E-state index < -0.39 is 0 Å². The van der Waals surface area contributed by atoms with Crippen LogP contribution >= 0.6 is 11.6 Å². The maximum Gasteiger partial charge on any atom is 0.277 e. The molecule has 1 aromatic carbocycles. The second-order valence-electron chi connectivity index (χ2n) is 8.10. The van der Waals surface area contributed by atoms with Gasteiger partial charge in [0.05, 0.1) is 12.1 Å². The van der Waals surface area contributed by atoms with Gasteiger partial charge in [0.2, 0.25) is 0 Å². The van der Waals surface area contributed by atoms with E-state index in [0.29, 0.717) is 28.8 Å². The Bertz CT molecular complexity index is 1110. The van der Waals surface area contributed by atoms with Gasteiger partial charge in [-0.05, 0) is 38.3 Å². The minimum Gasteiger partial charge on any atom is -0.352 e. The maximum atomic E-state index is 13.4. The number of anilines is 1. The molecule has 3 aromatic rings. The smallest absolute Gasteiger partial charge is 0.277 e. The van der Waals surface area contributed by atoms with Gasteiger partial charge < -0.3 is 4.90 Å². The van der Waals surface area contributed by atoms with Crippen LogP contribution in [0.2, 0.25) is 5.02 Å². The van der Waals surface area contributed by atoms with Gasteiger partial charge in [-0.3, -0.25) is 4.79 Å². The molecule has 5 nitrogen and oxygen atoms in total. The van der Waals surface area contributed by atoms with Crippen LogP contribution in [0, 0.1) is 13.8 Å². The zero-order chi connectivity index (χ0) is 20.7. The van der Waals surface area contributed by atoms with E-state index in [1.807, 2.05) is 41.2 Å². The van der Waals surface area contributed by atoms with Crippen LogP contribution in [0.4, 0.5) is 5.82 Å². The molecule has 0 N–H and O–H groups in total. The summed E-state index contributed by atoms with van der Waals surface area (Å²) < 4.78 is 3.84. The van der Waals surface area contributed by atoms with Gasteiger partial charge in [0.25, 0.3) is 5.56 Å². The van der Waals surface area contributed by atoms with Crippen molar-refractivity contribution in [3.8, 4) is 11.1 Å². The lowest BCUT2D eigenvalue weighted by Crippen LogP contribution is -2.44. The summed E-state index contributed by atoms with van der Waals surface area (Å²) in [6.07, 6.45) is 4.60. The van der Waals surface area contributed by atoms with E-state index in [2.05, 4.69) is 24.8 Å². The highest BCUT2D eigenvalue weighted by molar-refractivity contribution is 6.33. The first-order chi connectivity index (χ1) is 14.0. The van der Waals surface area contributed by atoms with Crippen LogP contribution in [0.1, 0.15) is 50.8 Å². The number of benzene rings is 1. The van der Waals surface area contributed by atoms with Crippen molar-refractivity contribution in [1.82, 2.24) is 14.2 Å². The molecule has 0 radical (unpaired) electrons. The molecule has 0 amide bonds. The maximum absolute atomic E-state index is 13.4. The van der Waals surface area contributed by atoms with Crippen molar-refractivity contribution < 1.29 is 0 Å². The lowest BCUT2D eigenvalue weighted by molar-refractivity contribution is 0.431. The number of hydrogen-bond donors (Lipinski definition) is 0. The van der Waals surface area contributed by atoms with Crippen LogP contribution in [-0.2, 0) is 6.54 Å². The Morgan fingerprint density at radius 2 is 1.83 bits per heavy atom. The third-order valence-corrected chi connectivity index (χ3v) is 6.19. The average Bonchev–Trinajstić information content (AvgIpc) is 2.95. The second kappa shape index (κ2) is 7.86. The van der Waals surface area contributed by atoms with Gasteiger partial charge in [0.15, 0.2) is 5.65 Å². The van der Waals surface area contributed by atoms with Crippen molar-refractivity contribution >= 4 is 23.1 Å². The fraction of sp³-hybridized carbons (Fsp3) is 0.478. The molecule has 0 spiro atoms. The number of aromatic nitrogens is 3. The lowest BCUT2D eigenvalue weighted by atomic mass is 10.0. The summed E-state index contributed by atoms with van der Waals surface area (Å²) >= 11 is 6.55. The number of rotatable bonds is 6. The van der Waals surface area contributed by atoms with Crippen LogP contribution in [0.15, 0.2) is 29.1 Å². The van der Waals surface area contributed by atoms with Crippen LogP contribution in [0.3, 0.4) is 0 Å². The van der Waals surface area contributed by atoms with Gasteiger partial charge in [0.1, 0.15) is 5.82 Å². The molecule has 0 fully saturated rings. The molecule has 154 valence electrons. The van der Waals surface area contributed by atoms with E-state index in [-0.39, 0.29) is 5.56 Å². The SMILES string of the molecule is CCCC(CCC)N1CCn2c(=O)c(-c3ccc(C)cc3Cl)c3nc(C)cc1n32. The monoisotopic (exact) mass is 412 g/mol. The molecule has 0 saturated carbocycles. The minimum absolute atomic E-state index is 0.0164. The predicted octanol–water partition coefficient (Wildman–Crippen LogP) is 5.22. The Hall–Kier alpha value is -2.27. The van der Waals surface area contributed by atoms with Crippen molar-refractivity contribution in [3.05, 3.63) is 50.9 Å². The van der Waals surface area contributed by atoms with Gasteiger partial charge in [-0.25, -0.2) is 14.2 Å². The molecule has 0 aliphatic carbocycles. The highest BCUT2D eigenvalue weighted by Gasteiger charge is 2.29. The quantitative estimate of drug-likeness (QED) is 0.557. The van der Waals surface area contributed by atoms with Gasteiger partial charge in [-0.1, -0.05) is 50.4 Å². The summed E-state index contributed by atoms with van der Waals surface area (Å²) in [5.41, 5.74) is 4.04. The van der Waals surface area contributed by atoms with Crippen molar-refractivity contribution in [2.24, 2.45) is 0 Å². The largest absolute Gasteiger partial charge is 0.352 e. The first-order valence-corrected chi connectivity index (χ1v) is 11.0. The topological polar surface area (TPSA) is 42.5 Å². The summed E-state index contributed by atoms with van der Waals surface area (Å²) in [6.45, 7) is 9.98. The lowest BCUT2D eigenvalue weighted by Gasteiger charge is -2.37.